The Kier molecular flexibility index (Phi) is 7.60. The molecule has 1 saturated carbocycles. The zero-order valence-corrected chi connectivity index (χ0v) is 18.5. The summed E-state index contributed by atoms with van der Waals surface area (Å²) >= 11 is 1.47. The van der Waals surface area contributed by atoms with Gasteiger partial charge in [-0.1, -0.05) is 73.1 Å². The number of carbonyl (C=O) groups excluding carboxylic acids is 1. The molecule has 31 heavy (non-hydrogen) atoms. The summed E-state index contributed by atoms with van der Waals surface area (Å²) in [5.41, 5.74) is 2.32. The first-order chi connectivity index (χ1) is 15.3. The fourth-order valence-electron chi connectivity index (χ4n) is 3.87. The lowest BCUT2D eigenvalue weighted by Gasteiger charge is -2.13. The lowest BCUT2D eigenvalue weighted by molar-refractivity contribution is -0.119. The Morgan fingerprint density at radius 2 is 1.71 bits per heavy atom. The van der Waals surface area contributed by atoms with Crippen molar-refractivity contribution in [2.75, 3.05) is 11.1 Å². The minimum Gasteiger partial charge on any atom is -0.378 e. The lowest BCUT2D eigenvalue weighted by Crippen LogP contribution is -2.33. The van der Waals surface area contributed by atoms with Gasteiger partial charge in [-0.25, -0.2) is 0 Å². The van der Waals surface area contributed by atoms with Crippen LogP contribution in [0.5, 0.6) is 0 Å². The highest BCUT2D eigenvalue weighted by molar-refractivity contribution is 7.99. The van der Waals surface area contributed by atoms with Crippen LogP contribution in [0.2, 0.25) is 0 Å². The van der Waals surface area contributed by atoms with Gasteiger partial charge in [-0.15, -0.1) is 10.2 Å². The second-order valence-electron chi connectivity index (χ2n) is 7.84. The first kappa shape index (κ1) is 21.4. The van der Waals surface area contributed by atoms with E-state index in [0.29, 0.717) is 18.3 Å². The number of thioether (sulfide) groups is 1. The van der Waals surface area contributed by atoms with E-state index in [2.05, 4.69) is 49.7 Å². The van der Waals surface area contributed by atoms with Crippen molar-refractivity contribution in [3.05, 3.63) is 72.1 Å². The van der Waals surface area contributed by atoms with Crippen LogP contribution in [0.4, 0.5) is 5.69 Å². The third kappa shape index (κ3) is 6.34. The summed E-state index contributed by atoms with van der Waals surface area (Å²) in [5, 5.41) is 16.2. The molecular weight excluding hydrogens is 406 g/mol. The van der Waals surface area contributed by atoms with Crippen molar-refractivity contribution >= 4 is 23.4 Å². The number of benzene rings is 2. The molecule has 0 bridgehead atoms. The van der Waals surface area contributed by atoms with Crippen molar-refractivity contribution in [2.24, 2.45) is 0 Å². The molecule has 0 aliphatic heterocycles. The number of aryl methyl sites for hydroxylation is 1. The number of amides is 1. The van der Waals surface area contributed by atoms with Crippen LogP contribution in [0.3, 0.4) is 0 Å². The highest BCUT2D eigenvalue weighted by Crippen LogP contribution is 2.21. The van der Waals surface area contributed by atoms with Gasteiger partial charge in [0.2, 0.25) is 5.91 Å². The summed E-state index contributed by atoms with van der Waals surface area (Å²) in [6.45, 7) is 1.36. The van der Waals surface area contributed by atoms with Gasteiger partial charge in [-0.2, -0.15) is 0 Å². The molecule has 1 aromatic heterocycles. The van der Waals surface area contributed by atoms with E-state index >= 15 is 0 Å². The van der Waals surface area contributed by atoms with Gasteiger partial charge in [0.05, 0.1) is 12.3 Å². The highest BCUT2D eigenvalue weighted by Gasteiger charge is 2.19. The van der Waals surface area contributed by atoms with E-state index in [9.17, 15) is 4.79 Å². The van der Waals surface area contributed by atoms with E-state index in [4.69, 9.17) is 0 Å². The highest BCUT2D eigenvalue weighted by atomic mass is 32.2. The maximum atomic E-state index is 12.4. The van der Waals surface area contributed by atoms with Crippen LogP contribution in [-0.4, -0.2) is 32.5 Å². The Morgan fingerprint density at radius 1 is 1.00 bits per heavy atom. The molecule has 1 heterocycles. The smallest absolute Gasteiger partial charge is 0.230 e. The number of nitrogens with zero attached hydrogens (tertiary/aromatic N) is 3. The zero-order chi connectivity index (χ0) is 21.3. The second-order valence-corrected chi connectivity index (χ2v) is 8.79. The number of hydrogen-bond acceptors (Lipinski definition) is 5. The van der Waals surface area contributed by atoms with Crippen LogP contribution < -0.4 is 10.6 Å². The van der Waals surface area contributed by atoms with Gasteiger partial charge in [-0.05, 0) is 37.0 Å². The summed E-state index contributed by atoms with van der Waals surface area (Å²) in [6, 6.07) is 20.8. The maximum absolute atomic E-state index is 12.4. The number of aromatic nitrogens is 3. The molecule has 1 aliphatic rings. The second kappa shape index (κ2) is 11.0. The Labute approximate surface area is 187 Å². The van der Waals surface area contributed by atoms with Crippen molar-refractivity contribution < 1.29 is 4.79 Å². The minimum atomic E-state index is 0.0819. The fraction of sp³-hybridized carbons (Fsp3) is 0.375. The van der Waals surface area contributed by atoms with Gasteiger partial charge in [0.25, 0.3) is 0 Å². The standard InChI is InChI=1S/C24H29N5OS/c30-23(26-21-13-7-8-14-21)18-31-24-28-27-22(17-25-20-11-5-2-6-12-20)29(24)16-15-19-9-3-1-4-10-19/h1-6,9-12,21,25H,7-8,13-18H2,(H,26,30). The molecule has 4 rings (SSSR count). The van der Waals surface area contributed by atoms with Gasteiger partial charge >= 0.3 is 0 Å². The molecule has 2 N–H and O–H groups in total. The zero-order valence-electron chi connectivity index (χ0n) is 17.7. The van der Waals surface area contributed by atoms with E-state index in [-0.39, 0.29) is 5.91 Å². The number of anilines is 1. The van der Waals surface area contributed by atoms with E-state index < -0.39 is 0 Å². The normalized spacial score (nSPS) is 13.9. The Bertz CT molecular complexity index is 955. The van der Waals surface area contributed by atoms with Crippen molar-refractivity contribution in [3.63, 3.8) is 0 Å². The van der Waals surface area contributed by atoms with Crippen LogP contribution >= 0.6 is 11.8 Å². The predicted molar refractivity (Wildman–Crippen MR) is 125 cm³/mol. The van der Waals surface area contributed by atoms with E-state index in [1.807, 2.05) is 36.4 Å². The molecular formula is C24H29N5OS. The molecule has 1 fully saturated rings. The van der Waals surface area contributed by atoms with Gasteiger partial charge in [-0.3, -0.25) is 4.79 Å². The average molecular weight is 436 g/mol. The molecule has 6 nitrogen and oxygen atoms in total. The summed E-state index contributed by atoms with van der Waals surface area (Å²) in [6.07, 6.45) is 5.50. The number of nitrogens with one attached hydrogen (secondary N) is 2. The number of rotatable bonds is 10. The minimum absolute atomic E-state index is 0.0819. The first-order valence-electron chi connectivity index (χ1n) is 10.9. The van der Waals surface area contributed by atoms with Crippen molar-refractivity contribution in [1.82, 2.24) is 20.1 Å². The largest absolute Gasteiger partial charge is 0.378 e. The van der Waals surface area contributed by atoms with E-state index in [1.54, 1.807) is 0 Å². The maximum Gasteiger partial charge on any atom is 0.230 e. The lowest BCUT2D eigenvalue weighted by atomic mass is 10.1. The quantitative estimate of drug-likeness (QED) is 0.465. The van der Waals surface area contributed by atoms with Crippen LogP contribution in [-0.2, 0) is 24.3 Å². The Balaban J connectivity index is 1.41. The third-order valence-corrected chi connectivity index (χ3v) is 6.50. The van der Waals surface area contributed by atoms with Crippen molar-refractivity contribution in [1.29, 1.82) is 0 Å². The number of hydrogen-bond donors (Lipinski definition) is 2. The first-order valence-corrected chi connectivity index (χ1v) is 11.9. The summed E-state index contributed by atoms with van der Waals surface area (Å²) in [7, 11) is 0. The molecule has 162 valence electrons. The topological polar surface area (TPSA) is 71.8 Å². The number of para-hydroxylation sites is 1. The van der Waals surface area contributed by atoms with Gasteiger partial charge in [0, 0.05) is 18.3 Å². The molecule has 3 aromatic rings. The van der Waals surface area contributed by atoms with Crippen LogP contribution in [0.25, 0.3) is 0 Å². The molecule has 0 unspecified atom stereocenters. The van der Waals surface area contributed by atoms with Crippen LogP contribution in [0.15, 0.2) is 65.8 Å². The number of carbonyl (C=O) groups is 1. The van der Waals surface area contributed by atoms with Crippen LogP contribution in [0, 0.1) is 0 Å². The SMILES string of the molecule is O=C(CSc1nnc(CNc2ccccc2)n1CCc1ccccc1)NC1CCCC1. The summed E-state index contributed by atoms with van der Waals surface area (Å²) in [5.74, 6) is 1.32. The Hall–Kier alpha value is -2.80. The van der Waals surface area contributed by atoms with Crippen molar-refractivity contribution in [3.8, 4) is 0 Å². The molecule has 0 spiro atoms. The van der Waals surface area contributed by atoms with Crippen molar-refractivity contribution in [2.45, 2.75) is 56.4 Å². The fourth-order valence-corrected chi connectivity index (χ4v) is 4.67. The van der Waals surface area contributed by atoms with Gasteiger partial charge in [0.1, 0.15) is 0 Å². The molecule has 1 aliphatic carbocycles. The van der Waals surface area contributed by atoms with Crippen LogP contribution in [0.1, 0.15) is 37.1 Å². The molecule has 0 saturated heterocycles. The van der Waals surface area contributed by atoms with E-state index in [0.717, 1.165) is 42.5 Å². The van der Waals surface area contributed by atoms with Gasteiger partial charge in [0.15, 0.2) is 11.0 Å². The van der Waals surface area contributed by atoms with E-state index in [1.165, 1.54) is 30.2 Å². The average Bonchev–Trinajstić information content (AvgIpc) is 3.46. The van der Waals surface area contributed by atoms with Gasteiger partial charge < -0.3 is 15.2 Å². The monoisotopic (exact) mass is 435 g/mol. The Morgan fingerprint density at radius 3 is 2.45 bits per heavy atom. The predicted octanol–water partition coefficient (Wildman–Crippen LogP) is 4.28. The summed E-state index contributed by atoms with van der Waals surface area (Å²) < 4.78 is 2.14. The molecule has 1 amide bonds. The molecule has 7 heteroatoms. The molecule has 0 atom stereocenters. The molecule has 2 aromatic carbocycles. The summed E-state index contributed by atoms with van der Waals surface area (Å²) in [4.78, 5) is 12.4. The molecule has 0 radical (unpaired) electrons. The third-order valence-electron chi connectivity index (χ3n) is 5.54.